The van der Waals surface area contributed by atoms with Crippen molar-refractivity contribution in [3.63, 3.8) is 0 Å². The monoisotopic (exact) mass is 332 g/mol. The highest BCUT2D eigenvalue weighted by Crippen LogP contribution is 2.29. The maximum Gasteiger partial charge on any atom is 0.319 e. The summed E-state index contributed by atoms with van der Waals surface area (Å²) in [6.07, 6.45) is -1.47. The van der Waals surface area contributed by atoms with Crippen LogP contribution >= 0.6 is 11.8 Å². The molecule has 0 aliphatic carbocycles. The second kappa shape index (κ2) is 11.2. The van der Waals surface area contributed by atoms with E-state index in [1.165, 1.54) is 11.8 Å². The Labute approximate surface area is 128 Å². The van der Waals surface area contributed by atoms with Gasteiger partial charge in [0.05, 0.1) is 6.61 Å². The summed E-state index contributed by atoms with van der Waals surface area (Å²) >= 11 is 1.21. The lowest BCUT2D eigenvalue weighted by molar-refractivity contribution is -0.143. The molecule has 0 aromatic carbocycles. The van der Waals surface area contributed by atoms with E-state index in [-0.39, 0.29) is 18.1 Å². The molecule has 0 spiro atoms. The van der Waals surface area contributed by atoms with Gasteiger partial charge in [-0.05, 0) is 25.0 Å². The highest BCUT2D eigenvalue weighted by molar-refractivity contribution is 8.00. The number of halogens is 4. The number of carbonyl (C=O) groups excluding carboxylic acids is 1. The molecule has 0 radical (unpaired) electrons. The molecule has 0 rings (SSSR count). The molecule has 1 atom stereocenters. The first kappa shape index (κ1) is 20.5. The fourth-order valence-corrected chi connectivity index (χ4v) is 2.79. The molecule has 0 amide bonds. The van der Waals surface area contributed by atoms with Crippen LogP contribution in [0.5, 0.6) is 0 Å². The molecule has 0 aliphatic heterocycles. The Morgan fingerprint density at radius 3 is 2.38 bits per heavy atom. The first-order chi connectivity index (χ1) is 9.85. The number of hydrogen-bond donors (Lipinski definition) is 0. The number of carbonyl (C=O) groups is 1. The van der Waals surface area contributed by atoms with E-state index in [0.29, 0.717) is 13.0 Å². The van der Waals surface area contributed by atoms with Crippen molar-refractivity contribution in [3.8, 4) is 0 Å². The minimum absolute atomic E-state index is 0.0511. The molecule has 0 bridgehead atoms. The van der Waals surface area contributed by atoms with Crippen LogP contribution in [-0.2, 0) is 9.53 Å². The second-order valence-electron chi connectivity index (χ2n) is 4.83. The Bertz CT molecular complexity index is 288. The Hall–Kier alpha value is -0.460. The summed E-state index contributed by atoms with van der Waals surface area (Å²) in [4.78, 5) is 11.8. The van der Waals surface area contributed by atoms with E-state index in [9.17, 15) is 22.4 Å². The van der Waals surface area contributed by atoms with Gasteiger partial charge in [0, 0.05) is 6.42 Å². The Balaban J connectivity index is 4.06. The standard InChI is InChI=1S/C14H24F4O2S/c1-3-5-9-20-12(19)11(7-4-2)21-10-6-8-14(17,18)13(15)16/h11,13H,3-10H2,1-2H3. The van der Waals surface area contributed by atoms with E-state index < -0.39 is 24.0 Å². The van der Waals surface area contributed by atoms with Gasteiger partial charge in [0.25, 0.3) is 0 Å². The average molecular weight is 332 g/mol. The van der Waals surface area contributed by atoms with Gasteiger partial charge in [0.2, 0.25) is 0 Å². The van der Waals surface area contributed by atoms with Gasteiger partial charge in [-0.1, -0.05) is 26.7 Å². The van der Waals surface area contributed by atoms with Crippen LogP contribution in [0.1, 0.15) is 52.4 Å². The van der Waals surface area contributed by atoms with Crippen molar-refractivity contribution in [3.05, 3.63) is 0 Å². The van der Waals surface area contributed by atoms with Gasteiger partial charge in [-0.3, -0.25) is 4.79 Å². The van der Waals surface area contributed by atoms with Crippen molar-refractivity contribution in [2.45, 2.75) is 70.0 Å². The van der Waals surface area contributed by atoms with Crippen molar-refractivity contribution < 1.29 is 27.1 Å². The van der Waals surface area contributed by atoms with Crippen LogP contribution in [0.15, 0.2) is 0 Å². The third-order valence-electron chi connectivity index (χ3n) is 2.85. The van der Waals surface area contributed by atoms with Crippen molar-refractivity contribution in [2.75, 3.05) is 12.4 Å². The molecule has 0 N–H and O–H groups in total. The van der Waals surface area contributed by atoms with Crippen LogP contribution in [0, 0.1) is 0 Å². The first-order valence-corrected chi connectivity index (χ1v) is 8.34. The molecule has 2 nitrogen and oxygen atoms in total. The van der Waals surface area contributed by atoms with Gasteiger partial charge < -0.3 is 4.74 Å². The van der Waals surface area contributed by atoms with Crippen molar-refractivity contribution in [2.24, 2.45) is 0 Å². The molecule has 0 aliphatic rings. The first-order valence-electron chi connectivity index (χ1n) is 7.29. The van der Waals surface area contributed by atoms with Crippen LogP contribution in [0.3, 0.4) is 0 Å². The number of unbranched alkanes of at least 4 members (excludes halogenated alkanes) is 1. The van der Waals surface area contributed by atoms with E-state index in [0.717, 1.165) is 19.3 Å². The summed E-state index contributed by atoms with van der Waals surface area (Å²) in [5.41, 5.74) is 0. The summed E-state index contributed by atoms with van der Waals surface area (Å²) in [5, 5.41) is -0.396. The van der Waals surface area contributed by atoms with Crippen LogP contribution in [0.2, 0.25) is 0 Å². The van der Waals surface area contributed by atoms with Gasteiger partial charge in [-0.15, -0.1) is 11.8 Å². The number of alkyl halides is 4. The molecule has 1 unspecified atom stereocenters. The zero-order valence-corrected chi connectivity index (χ0v) is 13.4. The van der Waals surface area contributed by atoms with Gasteiger partial charge in [0.15, 0.2) is 0 Å². The molecule has 0 saturated carbocycles. The van der Waals surface area contributed by atoms with E-state index in [2.05, 4.69) is 0 Å². The van der Waals surface area contributed by atoms with E-state index in [1.54, 1.807) is 0 Å². The number of esters is 1. The third kappa shape index (κ3) is 9.22. The van der Waals surface area contributed by atoms with Crippen LogP contribution < -0.4 is 0 Å². The lowest BCUT2D eigenvalue weighted by atomic mass is 10.2. The zero-order valence-electron chi connectivity index (χ0n) is 12.5. The maximum atomic E-state index is 12.7. The Kier molecular flexibility index (Phi) is 10.9. The van der Waals surface area contributed by atoms with Gasteiger partial charge in [-0.2, -0.15) is 0 Å². The highest BCUT2D eigenvalue weighted by atomic mass is 32.2. The SMILES string of the molecule is CCCCOC(=O)C(CCC)SCCCC(F)(F)C(F)F. The molecule has 21 heavy (non-hydrogen) atoms. The molecule has 0 aromatic heterocycles. The smallest absolute Gasteiger partial charge is 0.319 e. The highest BCUT2D eigenvalue weighted by Gasteiger charge is 2.39. The lowest BCUT2D eigenvalue weighted by Gasteiger charge is -2.17. The van der Waals surface area contributed by atoms with E-state index in [1.807, 2.05) is 13.8 Å². The summed E-state index contributed by atoms with van der Waals surface area (Å²) in [6.45, 7) is 4.26. The molecule has 0 fully saturated rings. The maximum absolute atomic E-state index is 12.7. The second-order valence-corrected chi connectivity index (χ2v) is 6.15. The Morgan fingerprint density at radius 2 is 1.86 bits per heavy atom. The normalized spacial score (nSPS) is 13.5. The fraction of sp³-hybridized carbons (Fsp3) is 0.929. The zero-order chi connectivity index (χ0) is 16.3. The van der Waals surface area contributed by atoms with Crippen LogP contribution in [0.4, 0.5) is 17.6 Å². The number of rotatable bonds is 12. The van der Waals surface area contributed by atoms with E-state index in [4.69, 9.17) is 4.74 Å². The van der Waals surface area contributed by atoms with Gasteiger partial charge in [0.1, 0.15) is 5.25 Å². The summed E-state index contributed by atoms with van der Waals surface area (Å²) < 4.78 is 54.5. The van der Waals surface area contributed by atoms with Gasteiger partial charge >= 0.3 is 18.3 Å². The lowest BCUT2D eigenvalue weighted by Crippen LogP contribution is -2.26. The number of hydrogen-bond acceptors (Lipinski definition) is 3. The molecule has 7 heteroatoms. The summed E-state index contributed by atoms with van der Waals surface area (Å²) in [7, 11) is 0. The minimum Gasteiger partial charge on any atom is -0.465 e. The molecule has 0 saturated heterocycles. The summed E-state index contributed by atoms with van der Waals surface area (Å²) in [5.74, 6) is -4.03. The number of thioether (sulfide) groups is 1. The average Bonchev–Trinajstić information content (AvgIpc) is 2.42. The van der Waals surface area contributed by atoms with Crippen molar-refractivity contribution >= 4 is 17.7 Å². The molecule has 0 heterocycles. The van der Waals surface area contributed by atoms with E-state index >= 15 is 0 Å². The number of ether oxygens (including phenoxy) is 1. The minimum atomic E-state index is -3.94. The molecular formula is C14H24F4O2S. The topological polar surface area (TPSA) is 26.3 Å². The summed E-state index contributed by atoms with van der Waals surface area (Å²) in [6, 6.07) is 0. The Morgan fingerprint density at radius 1 is 1.19 bits per heavy atom. The largest absolute Gasteiger partial charge is 0.465 e. The van der Waals surface area contributed by atoms with Crippen molar-refractivity contribution in [1.82, 2.24) is 0 Å². The molecule has 126 valence electrons. The van der Waals surface area contributed by atoms with Gasteiger partial charge in [-0.25, -0.2) is 17.6 Å². The molecule has 0 aromatic rings. The predicted molar refractivity (Wildman–Crippen MR) is 77.2 cm³/mol. The van der Waals surface area contributed by atoms with Crippen LogP contribution in [-0.4, -0.2) is 35.9 Å². The quantitative estimate of drug-likeness (QED) is 0.288. The predicted octanol–water partition coefficient (Wildman–Crippen LogP) is 4.91. The fourth-order valence-electron chi connectivity index (χ4n) is 1.58. The molecular weight excluding hydrogens is 308 g/mol. The van der Waals surface area contributed by atoms with Crippen molar-refractivity contribution in [1.29, 1.82) is 0 Å². The van der Waals surface area contributed by atoms with Crippen LogP contribution in [0.25, 0.3) is 0 Å². The third-order valence-corrected chi connectivity index (χ3v) is 4.20.